The zero-order chi connectivity index (χ0) is 24.7. The van der Waals surface area contributed by atoms with Crippen molar-refractivity contribution in [3.05, 3.63) is 71.5 Å². The minimum Gasteiger partial charge on any atom is -0.361 e. The molecule has 0 unspecified atom stereocenters. The Kier molecular flexibility index (Phi) is 5.72. The first-order chi connectivity index (χ1) is 16.8. The van der Waals surface area contributed by atoms with Crippen molar-refractivity contribution in [1.29, 1.82) is 0 Å². The molecule has 0 bridgehead atoms. The summed E-state index contributed by atoms with van der Waals surface area (Å²) in [5.41, 5.74) is 0.862. The van der Waals surface area contributed by atoms with Gasteiger partial charge >= 0.3 is 6.18 Å². The van der Waals surface area contributed by atoms with Crippen LogP contribution in [-0.2, 0) is 22.3 Å². The highest BCUT2D eigenvalue weighted by Crippen LogP contribution is 2.43. The lowest BCUT2D eigenvalue weighted by Gasteiger charge is -2.11. The maximum absolute atomic E-state index is 14.1. The van der Waals surface area contributed by atoms with Gasteiger partial charge in [-0.1, -0.05) is 31.2 Å². The van der Waals surface area contributed by atoms with Gasteiger partial charge in [-0.05, 0) is 37.7 Å². The Hall–Kier alpha value is -3.85. The van der Waals surface area contributed by atoms with Gasteiger partial charge in [-0.3, -0.25) is 14.9 Å². The molecule has 2 aromatic carbocycles. The average Bonchev–Trinajstić information content (AvgIpc) is 3.48. The predicted molar refractivity (Wildman–Crippen MR) is 128 cm³/mol. The number of aromatic amines is 1. The van der Waals surface area contributed by atoms with Crippen LogP contribution in [0.25, 0.3) is 33.0 Å². The quantitative estimate of drug-likeness (QED) is 0.265. The molecule has 1 aliphatic heterocycles. The summed E-state index contributed by atoms with van der Waals surface area (Å²) in [4.78, 5) is 29.1. The van der Waals surface area contributed by atoms with Crippen LogP contribution < -0.4 is 10.6 Å². The fourth-order valence-corrected chi connectivity index (χ4v) is 4.76. The largest absolute Gasteiger partial charge is 0.417 e. The topological polar surface area (TPSA) is 78.9 Å². The second-order valence-electron chi connectivity index (χ2n) is 8.42. The zero-order valence-electron chi connectivity index (χ0n) is 18.9. The summed E-state index contributed by atoms with van der Waals surface area (Å²) >= 11 is 0. The molecule has 0 atom stereocenters. The Morgan fingerprint density at radius 1 is 0.971 bits per heavy atom. The van der Waals surface area contributed by atoms with Crippen LogP contribution >= 0.6 is 0 Å². The third-order valence-corrected chi connectivity index (χ3v) is 6.27. The van der Waals surface area contributed by atoms with E-state index in [2.05, 4.69) is 15.6 Å². The first-order valence-electron chi connectivity index (χ1n) is 11.4. The number of rotatable bonds is 7. The van der Waals surface area contributed by atoms with E-state index in [4.69, 9.17) is 0 Å². The lowest BCUT2D eigenvalue weighted by atomic mass is 9.94. The lowest BCUT2D eigenvalue weighted by Crippen LogP contribution is -2.22. The van der Waals surface area contributed by atoms with Crippen molar-refractivity contribution in [2.45, 2.75) is 26.1 Å². The summed E-state index contributed by atoms with van der Waals surface area (Å²) in [5, 5.41) is 6.12. The Bertz CT molecular complexity index is 1490. The van der Waals surface area contributed by atoms with Crippen LogP contribution in [0.3, 0.4) is 0 Å². The van der Waals surface area contributed by atoms with Crippen LogP contribution in [0.4, 0.5) is 13.2 Å². The van der Waals surface area contributed by atoms with E-state index in [-0.39, 0.29) is 22.1 Å². The van der Waals surface area contributed by atoms with E-state index in [1.807, 2.05) is 19.1 Å². The number of aromatic nitrogens is 2. The van der Waals surface area contributed by atoms with E-state index < -0.39 is 23.6 Å². The van der Waals surface area contributed by atoms with Crippen molar-refractivity contribution in [1.82, 2.24) is 20.2 Å². The number of hydrogen-bond donors (Lipinski definition) is 3. The number of nitrogens with one attached hydrogen (secondary N) is 3. The van der Waals surface area contributed by atoms with Crippen molar-refractivity contribution < 1.29 is 22.8 Å². The molecule has 180 valence electrons. The molecule has 6 nitrogen and oxygen atoms in total. The molecule has 0 saturated heterocycles. The van der Waals surface area contributed by atoms with Gasteiger partial charge in [-0.2, -0.15) is 13.2 Å². The number of nitrogens with zero attached hydrogens (tertiary/aromatic N) is 1. The highest BCUT2D eigenvalue weighted by atomic mass is 19.4. The fraction of sp³-hybridized carbons (Fsp3) is 0.231. The van der Waals surface area contributed by atoms with Gasteiger partial charge in [0.2, 0.25) is 0 Å². The van der Waals surface area contributed by atoms with Gasteiger partial charge < -0.3 is 14.9 Å². The number of fused-ring (bicyclic) bond motifs is 2. The van der Waals surface area contributed by atoms with Gasteiger partial charge in [-0.25, -0.2) is 0 Å². The highest BCUT2D eigenvalue weighted by Gasteiger charge is 2.39. The van der Waals surface area contributed by atoms with E-state index in [0.717, 1.165) is 18.1 Å². The molecular formula is C26H23F3N4O2. The van der Waals surface area contributed by atoms with Gasteiger partial charge in [0, 0.05) is 51.9 Å². The van der Waals surface area contributed by atoms with Gasteiger partial charge in [0.25, 0.3) is 11.8 Å². The highest BCUT2D eigenvalue weighted by molar-refractivity contribution is 6.50. The van der Waals surface area contributed by atoms with Crippen LogP contribution in [0.15, 0.2) is 54.9 Å². The van der Waals surface area contributed by atoms with E-state index >= 15 is 0 Å². The number of benzene rings is 2. The molecule has 2 amide bonds. The first-order valence-corrected chi connectivity index (χ1v) is 11.4. The molecule has 0 spiro atoms. The normalized spacial score (nSPS) is 14.5. The maximum atomic E-state index is 14.1. The molecule has 0 saturated carbocycles. The average molecular weight is 480 g/mol. The van der Waals surface area contributed by atoms with Gasteiger partial charge in [0.15, 0.2) is 0 Å². The van der Waals surface area contributed by atoms with Gasteiger partial charge in [0.1, 0.15) is 0 Å². The van der Waals surface area contributed by atoms with Crippen LogP contribution in [-0.4, -0.2) is 34.5 Å². The van der Waals surface area contributed by atoms with Crippen LogP contribution in [0.2, 0.25) is 0 Å². The third kappa shape index (κ3) is 3.91. The number of aryl methyl sites for hydroxylation is 1. The Morgan fingerprint density at radius 3 is 2.46 bits per heavy atom. The molecule has 3 N–H and O–H groups in total. The number of hydrogen-bond acceptors (Lipinski definition) is 3. The maximum Gasteiger partial charge on any atom is 0.417 e. The second kappa shape index (κ2) is 8.74. The van der Waals surface area contributed by atoms with E-state index in [1.165, 1.54) is 6.07 Å². The molecule has 2 aromatic heterocycles. The van der Waals surface area contributed by atoms with Crippen LogP contribution in [0.5, 0.6) is 0 Å². The van der Waals surface area contributed by atoms with Crippen molar-refractivity contribution >= 4 is 44.8 Å². The smallest absolute Gasteiger partial charge is 0.361 e. The monoisotopic (exact) mass is 480 g/mol. The van der Waals surface area contributed by atoms with Gasteiger partial charge in [0.05, 0.1) is 16.7 Å². The molecule has 4 aromatic rings. The molecule has 5 rings (SSSR count). The Morgan fingerprint density at radius 2 is 1.71 bits per heavy atom. The fourth-order valence-electron chi connectivity index (χ4n) is 4.76. The minimum absolute atomic E-state index is 0.0492. The number of imide groups is 1. The molecule has 0 radical (unpaired) electrons. The van der Waals surface area contributed by atoms with Crippen molar-refractivity contribution in [2.24, 2.45) is 0 Å². The summed E-state index contributed by atoms with van der Waals surface area (Å²) in [5.74, 6) is -1.34. The SMILES string of the molecule is CCNCCCn1cc(C2=C(c3c[nH]c4ccccc34)C(=O)NC2=O)c2c(C(F)(F)F)cccc21. The van der Waals surface area contributed by atoms with Crippen molar-refractivity contribution in [3.8, 4) is 0 Å². The van der Waals surface area contributed by atoms with Crippen LogP contribution in [0, 0.1) is 0 Å². The summed E-state index contributed by atoms with van der Waals surface area (Å²) in [6, 6.07) is 11.2. The minimum atomic E-state index is -4.63. The summed E-state index contributed by atoms with van der Waals surface area (Å²) in [6.07, 6.45) is -0.774. The third-order valence-electron chi connectivity index (χ3n) is 6.27. The van der Waals surface area contributed by atoms with Gasteiger partial charge in [-0.15, -0.1) is 0 Å². The van der Waals surface area contributed by atoms with E-state index in [0.29, 0.717) is 36.0 Å². The summed E-state index contributed by atoms with van der Waals surface area (Å²) < 4.78 is 44.0. The molecule has 0 fully saturated rings. The molecule has 0 aliphatic carbocycles. The van der Waals surface area contributed by atoms with Crippen LogP contribution in [0.1, 0.15) is 30.0 Å². The first kappa shape index (κ1) is 22.9. The number of H-pyrrole nitrogens is 1. The molecule has 35 heavy (non-hydrogen) atoms. The van der Waals surface area contributed by atoms with E-state index in [9.17, 15) is 22.8 Å². The number of amides is 2. The summed E-state index contributed by atoms with van der Waals surface area (Å²) in [6.45, 7) is 3.93. The lowest BCUT2D eigenvalue weighted by molar-refractivity contribution is -0.136. The Balaban J connectivity index is 1.78. The molecule has 1 aliphatic rings. The van der Waals surface area contributed by atoms with Crippen molar-refractivity contribution in [2.75, 3.05) is 13.1 Å². The second-order valence-corrected chi connectivity index (χ2v) is 8.42. The molecule has 3 heterocycles. The number of para-hydroxylation sites is 1. The Labute approximate surface area is 198 Å². The summed E-state index contributed by atoms with van der Waals surface area (Å²) in [7, 11) is 0. The van der Waals surface area contributed by atoms with Crippen molar-refractivity contribution in [3.63, 3.8) is 0 Å². The zero-order valence-corrected chi connectivity index (χ0v) is 18.9. The molecule has 9 heteroatoms. The van der Waals surface area contributed by atoms with E-state index in [1.54, 1.807) is 35.2 Å². The number of carbonyl (C=O) groups is 2. The number of halogens is 3. The molecular weight excluding hydrogens is 457 g/mol. The standard InChI is InChI=1S/C26H23F3N4O2/c1-2-30-11-6-12-33-14-17(21-18(26(27,28)29)8-5-10-20(21)33)23-22(24(34)32-25(23)35)16-13-31-19-9-4-3-7-15(16)19/h3-5,7-10,13-14,30-31H,2,6,11-12H2,1H3,(H,32,34,35). The number of alkyl halides is 3. The predicted octanol–water partition coefficient (Wildman–Crippen LogP) is 4.71. The number of carbonyl (C=O) groups excluding carboxylic acids is 2.